The second-order valence-electron chi connectivity index (χ2n) is 2.94. The molecule has 1 radical (unpaired) electrons. The highest BCUT2D eigenvalue weighted by Gasteiger charge is 2.00. The molecular weight excluding hydrogens is 166 g/mol. The summed E-state index contributed by atoms with van der Waals surface area (Å²) in [5, 5.41) is 22.1. The van der Waals surface area contributed by atoms with Gasteiger partial charge in [-0.15, -0.1) is 0 Å². The van der Waals surface area contributed by atoms with Crippen LogP contribution in [0.25, 0.3) is 0 Å². The van der Waals surface area contributed by atoms with Crippen molar-refractivity contribution in [3.8, 4) is 0 Å². The molecule has 0 heterocycles. The zero-order chi connectivity index (χ0) is 9.52. The Hall–Kier alpha value is -0.900. The van der Waals surface area contributed by atoms with Gasteiger partial charge in [-0.2, -0.15) is 0 Å². The van der Waals surface area contributed by atoms with Crippen LogP contribution in [0.15, 0.2) is 30.3 Å². The van der Waals surface area contributed by atoms with Crippen molar-refractivity contribution in [1.29, 1.82) is 0 Å². The average Bonchev–Trinajstić information content (AvgIpc) is 2.19. The molecule has 1 atom stereocenters. The normalized spacial score (nSPS) is 12.8. The summed E-state index contributed by atoms with van der Waals surface area (Å²) in [6, 6.07) is 9.87. The van der Waals surface area contributed by atoms with Crippen molar-refractivity contribution in [2.75, 3.05) is 13.2 Å². The molecule has 0 aromatic heterocycles. The first-order chi connectivity index (χ1) is 6.33. The molecule has 2 N–H and O–H groups in total. The third kappa shape index (κ3) is 4.03. The molecule has 3 nitrogen and oxygen atoms in total. The smallest absolute Gasteiger partial charge is 0.109 e. The summed E-state index contributed by atoms with van der Waals surface area (Å²) in [6.45, 7) is 0.609. The van der Waals surface area contributed by atoms with Crippen LogP contribution in [0.5, 0.6) is 0 Å². The van der Waals surface area contributed by atoms with E-state index in [9.17, 15) is 5.11 Å². The Morgan fingerprint density at radius 1 is 1.31 bits per heavy atom. The van der Waals surface area contributed by atoms with E-state index in [0.717, 1.165) is 5.56 Å². The molecule has 1 aromatic rings. The summed E-state index contributed by atoms with van der Waals surface area (Å²) in [5.74, 6) is 0. The number of hydrogen-bond acceptors (Lipinski definition) is 2. The lowest BCUT2D eigenvalue weighted by atomic mass is 10.2. The van der Waals surface area contributed by atoms with Gasteiger partial charge in [-0.3, -0.25) is 0 Å². The van der Waals surface area contributed by atoms with E-state index in [1.807, 2.05) is 30.3 Å². The van der Waals surface area contributed by atoms with E-state index in [0.29, 0.717) is 13.1 Å². The zero-order valence-electron chi connectivity index (χ0n) is 7.44. The molecule has 3 heteroatoms. The second kappa shape index (κ2) is 5.70. The van der Waals surface area contributed by atoms with Gasteiger partial charge in [0.25, 0.3) is 0 Å². The van der Waals surface area contributed by atoms with Crippen molar-refractivity contribution in [3.63, 3.8) is 0 Å². The molecule has 1 unspecified atom stereocenters. The Kier molecular flexibility index (Phi) is 4.46. The van der Waals surface area contributed by atoms with Crippen LogP contribution in [-0.4, -0.2) is 24.4 Å². The van der Waals surface area contributed by atoms with E-state index in [4.69, 9.17) is 5.11 Å². The fraction of sp³-hybridized carbons (Fsp3) is 0.400. The highest BCUT2D eigenvalue weighted by Crippen LogP contribution is 1.96. The number of hydrogen-bond donors (Lipinski definition) is 2. The average molecular weight is 180 g/mol. The second-order valence-corrected chi connectivity index (χ2v) is 2.94. The molecule has 0 saturated carbocycles. The molecule has 0 fully saturated rings. The molecule has 0 bridgehead atoms. The van der Waals surface area contributed by atoms with Crippen LogP contribution < -0.4 is 5.32 Å². The third-order valence-corrected chi connectivity index (χ3v) is 1.74. The monoisotopic (exact) mass is 180 g/mol. The highest BCUT2D eigenvalue weighted by atomic mass is 16.3. The van der Waals surface area contributed by atoms with Crippen LogP contribution in [0.2, 0.25) is 0 Å². The van der Waals surface area contributed by atoms with Crippen LogP contribution in [0.3, 0.4) is 0 Å². The lowest BCUT2D eigenvalue weighted by Gasteiger charge is -2.07. The van der Waals surface area contributed by atoms with Crippen molar-refractivity contribution in [1.82, 2.24) is 5.32 Å². The van der Waals surface area contributed by atoms with E-state index in [-0.39, 0.29) is 0 Å². The van der Waals surface area contributed by atoms with Gasteiger partial charge in [0.1, 0.15) is 6.61 Å². The van der Waals surface area contributed by atoms with Gasteiger partial charge in [-0.25, -0.2) is 5.11 Å². The van der Waals surface area contributed by atoms with Gasteiger partial charge < -0.3 is 10.4 Å². The molecule has 71 valence electrons. The Bertz CT molecular complexity index is 226. The van der Waals surface area contributed by atoms with Gasteiger partial charge in [0.15, 0.2) is 0 Å². The summed E-state index contributed by atoms with van der Waals surface area (Å²) in [6.07, 6.45) is -0.774. The van der Waals surface area contributed by atoms with Crippen LogP contribution in [-0.2, 0) is 11.7 Å². The lowest BCUT2D eigenvalue weighted by Crippen LogP contribution is -2.28. The topological polar surface area (TPSA) is 52.2 Å². The zero-order valence-corrected chi connectivity index (χ0v) is 7.44. The van der Waals surface area contributed by atoms with E-state index >= 15 is 0 Å². The number of rotatable bonds is 5. The first kappa shape index (κ1) is 10.2. The summed E-state index contributed by atoms with van der Waals surface area (Å²) in [5.41, 5.74) is 1.15. The van der Waals surface area contributed by atoms with Crippen LogP contribution in [0.1, 0.15) is 5.56 Å². The number of aliphatic hydroxyl groups is 1. The first-order valence-electron chi connectivity index (χ1n) is 4.33. The molecule has 0 spiro atoms. The Balaban J connectivity index is 2.20. The minimum Gasteiger partial charge on any atom is -0.389 e. The molecule has 13 heavy (non-hydrogen) atoms. The van der Waals surface area contributed by atoms with Crippen LogP contribution >= 0.6 is 0 Å². The van der Waals surface area contributed by atoms with Crippen molar-refractivity contribution in [3.05, 3.63) is 35.9 Å². The largest absolute Gasteiger partial charge is 0.389 e. The molecule has 1 aromatic carbocycles. The van der Waals surface area contributed by atoms with Gasteiger partial charge in [-0.1, -0.05) is 30.3 Å². The molecule has 0 amide bonds. The van der Waals surface area contributed by atoms with Gasteiger partial charge in [0.2, 0.25) is 0 Å². The summed E-state index contributed by atoms with van der Waals surface area (Å²) >= 11 is 0. The summed E-state index contributed by atoms with van der Waals surface area (Å²) < 4.78 is 0. The summed E-state index contributed by atoms with van der Waals surface area (Å²) in [4.78, 5) is 0. The molecule has 0 aliphatic carbocycles. The Morgan fingerprint density at radius 2 is 2.00 bits per heavy atom. The molecule has 0 saturated heterocycles. The Morgan fingerprint density at radius 3 is 2.62 bits per heavy atom. The third-order valence-electron chi connectivity index (χ3n) is 1.74. The first-order valence-corrected chi connectivity index (χ1v) is 4.33. The summed E-state index contributed by atoms with van der Waals surface area (Å²) in [7, 11) is 0. The predicted octanol–water partition coefficient (Wildman–Crippen LogP) is 0.568. The molecule has 0 aliphatic heterocycles. The minimum atomic E-state index is -0.774. The van der Waals surface area contributed by atoms with Crippen LogP contribution in [0, 0.1) is 0 Å². The van der Waals surface area contributed by atoms with Gasteiger partial charge in [0, 0.05) is 13.1 Å². The number of aliphatic hydroxyl groups excluding tert-OH is 1. The quantitative estimate of drug-likeness (QED) is 0.696. The van der Waals surface area contributed by atoms with Crippen LogP contribution in [0.4, 0.5) is 0 Å². The number of nitrogens with one attached hydrogen (secondary N) is 1. The van der Waals surface area contributed by atoms with E-state index in [1.165, 1.54) is 0 Å². The van der Waals surface area contributed by atoms with E-state index in [2.05, 4.69) is 5.32 Å². The maximum atomic E-state index is 10.2. The van der Waals surface area contributed by atoms with Gasteiger partial charge >= 0.3 is 0 Å². The molecule has 0 aliphatic rings. The van der Waals surface area contributed by atoms with Crippen molar-refractivity contribution >= 4 is 0 Å². The maximum absolute atomic E-state index is 10.2. The van der Waals surface area contributed by atoms with Crippen molar-refractivity contribution in [2.24, 2.45) is 0 Å². The fourth-order valence-corrected chi connectivity index (χ4v) is 1.04. The lowest BCUT2D eigenvalue weighted by molar-refractivity contribution is 0.0553. The maximum Gasteiger partial charge on any atom is 0.109 e. The van der Waals surface area contributed by atoms with E-state index in [1.54, 1.807) is 0 Å². The predicted molar refractivity (Wildman–Crippen MR) is 49.7 cm³/mol. The standard InChI is InChI=1S/C10H14NO2/c12-8-10(13)7-11-6-9-4-2-1-3-5-9/h1-5,10-11,13H,6-8H2. The van der Waals surface area contributed by atoms with Crippen molar-refractivity contribution in [2.45, 2.75) is 12.6 Å². The molecular formula is C10H14NO2. The number of benzene rings is 1. The SMILES string of the molecule is [O]CC(O)CNCc1ccccc1. The molecule has 1 rings (SSSR count). The minimum absolute atomic E-state index is 0.360. The highest BCUT2D eigenvalue weighted by molar-refractivity contribution is 5.14. The fourth-order valence-electron chi connectivity index (χ4n) is 1.04. The van der Waals surface area contributed by atoms with Gasteiger partial charge in [0.05, 0.1) is 6.10 Å². The van der Waals surface area contributed by atoms with Gasteiger partial charge in [-0.05, 0) is 5.56 Å². The Labute approximate surface area is 78.0 Å². The van der Waals surface area contributed by atoms with E-state index < -0.39 is 12.7 Å². The van der Waals surface area contributed by atoms with Crippen molar-refractivity contribution < 1.29 is 10.2 Å².